The van der Waals surface area contributed by atoms with Crippen LogP contribution < -0.4 is 19.6 Å². The fourth-order valence-corrected chi connectivity index (χ4v) is 3.24. The molecular formula is C27H29ClN2O4. The van der Waals surface area contributed by atoms with Gasteiger partial charge in [0.1, 0.15) is 12.4 Å². The third kappa shape index (κ3) is 7.25. The number of carbonyl (C=O) groups excluding carboxylic acids is 1. The van der Waals surface area contributed by atoms with E-state index >= 15 is 0 Å². The van der Waals surface area contributed by atoms with Crippen LogP contribution in [-0.4, -0.2) is 25.8 Å². The molecule has 0 atom stereocenters. The zero-order valence-corrected chi connectivity index (χ0v) is 20.6. The molecule has 0 spiro atoms. The topological polar surface area (TPSA) is 69.2 Å². The monoisotopic (exact) mass is 480 g/mol. The fourth-order valence-electron chi connectivity index (χ4n) is 3.11. The number of nitrogens with one attached hydrogen (secondary N) is 1. The van der Waals surface area contributed by atoms with Gasteiger partial charge in [-0.25, -0.2) is 5.43 Å². The molecule has 0 unspecified atom stereocenters. The van der Waals surface area contributed by atoms with Crippen molar-refractivity contribution in [3.8, 4) is 17.2 Å². The van der Waals surface area contributed by atoms with Gasteiger partial charge in [0.2, 0.25) is 0 Å². The summed E-state index contributed by atoms with van der Waals surface area (Å²) < 4.78 is 17.0. The zero-order chi connectivity index (χ0) is 24.5. The molecule has 0 fully saturated rings. The zero-order valence-electron chi connectivity index (χ0n) is 19.8. The molecule has 3 aromatic rings. The van der Waals surface area contributed by atoms with E-state index in [0.717, 1.165) is 22.3 Å². The molecule has 0 saturated carbocycles. The third-order valence-electron chi connectivity index (χ3n) is 5.14. The highest BCUT2D eigenvalue weighted by molar-refractivity contribution is 6.30. The van der Waals surface area contributed by atoms with Crippen molar-refractivity contribution in [1.82, 2.24) is 5.43 Å². The molecule has 3 rings (SSSR count). The molecule has 7 heteroatoms. The molecule has 0 aliphatic rings. The number of methoxy groups -OCH3 is 1. The van der Waals surface area contributed by atoms with Gasteiger partial charge < -0.3 is 14.2 Å². The summed E-state index contributed by atoms with van der Waals surface area (Å²) in [6, 6.07) is 18.9. The molecule has 3 aromatic carbocycles. The Kier molecular flexibility index (Phi) is 8.93. The molecule has 1 N–H and O–H groups in total. The number of hydrogen-bond acceptors (Lipinski definition) is 5. The lowest BCUT2D eigenvalue weighted by molar-refractivity contribution is -0.123. The number of carbonyl (C=O) groups is 1. The molecule has 0 heterocycles. The second-order valence-corrected chi connectivity index (χ2v) is 8.52. The average molecular weight is 481 g/mol. The van der Waals surface area contributed by atoms with Crippen molar-refractivity contribution in [2.75, 3.05) is 13.7 Å². The van der Waals surface area contributed by atoms with Gasteiger partial charge >= 0.3 is 0 Å². The number of benzene rings is 3. The second-order valence-electron chi connectivity index (χ2n) is 8.09. The normalized spacial score (nSPS) is 11.0. The largest absolute Gasteiger partial charge is 0.493 e. The first-order chi connectivity index (χ1) is 16.4. The Balaban J connectivity index is 1.53. The number of hydrogen-bond donors (Lipinski definition) is 1. The van der Waals surface area contributed by atoms with E-state index in [1.165, 1.54) is 6.21 Å². The summed E-state index contributed by atoms with van der Waals surface area (Å²) in [4.78, 5) is 12.2. The average Bonchev–Trinajstić information content (AvgIpc) is 2.83. The van der Waals surface area contributed by atoms with Crippen molar-refractivity contribution in [2.45, 2.75) is 33.3 Å². The Bertz CT molecular complexity index is 1140. The number of rotatable bonds is 10. The SMILES string of the molecule is COc1cc(C=NNC(=O)COc2cc(C(C)C)ccc2C)ccc1OCc1ccc(Cl)cc1. The van der Waals surface area contributed by atoms with Crippen LogP contribution in [0, 0.1) is 6.92 Å². The second kappa shape index (κ2) is 12.1. The summed E-state index contributed by atoms with van der Waals surface area (Å²) in [5, 5.41) is 4.70. The minimum Gasteiger partial charge on any atom is -0.493 e. The minimum atomic E-state index is -0.347. The molecule has 0 bridgehead atoms. The third-order valence-corrected chi connectivity index (χ3v) is 5.39. The maximum Gasteiger partial charge on any atom is 0.277 e. The Morgan fingerprint density at radius 1 is 1.00 bits per heavy atom. The first kappa shape index (κ1) is 25.1. The molecule has 178 valence electrons. The van der Waals surface area contributed by atoms with Crippen molar-refractivity contribution in [2.24, 2.45) is 5.10 Å². The Hall–Kier alpha value is -3.51. The van der Waals surface area contributed by atoms with Gasteiger partial charge in [-0.2, -0.15) is 5.10 Å². The summed E-state index contributed by atoms with van der Waals surface area (Å²) in [5.41, 5.74) is 6.36. The predicted molar refractivity (Wildman–Crippen MR) is 135 cm³/mol. The van der Waals surface area contributed by atoms with E-state index in [-0.39, 0.29) is 12.5 Å². The number of nitrogens with zero attached hydrogens (tertiary/aromatic N) is 1. The number of ether oxygens (including phenoxy) is 3. The van der Waals surface area contributed by atoms with Crippen LogP contribution in [0.2, 0.25) is 5.02 Å². The minimum absolute atomic E-state index is 0.124. The molecule has 34 heavy (non-hydrogen) atoms. The summed E-state index contributed by atoms with van der Waals surface area (Å²) in [6.07, 6.45) is 1.54. The molecule has 0 aromatic heterocycles. The molecule has 0 aliphatic heterocycles. The molecule has 0 saturated heterocycles. The molecule has 0 aliphatic carbocycles. The Labute approximate surface area is 205 Å². The molecule has 6 nitrogen and oxygen atoms in total. The molecular weight excluding hydrogens is 452 g/mol. The first-order valence-electron chi connectivity index (χ1n) is 11.0. The van der Waals surface area contributed by atoms with E-state index < -0.39 is 0 Å². The standard InChI is InChI=1S/C27H29ClN2O4/c1-18(2)22-9-5-19(3)25(14-22)34-17-27(31)30-29-15-21-8-12-24(26(13-21)32-4)33-16-20-6-10-23(28)11-7-20/h5-15,18H,16-17H2,1-4H3,(H,30,31). The number of hydrazone groups is 1. The summed E-state index contributed by atoms with van der Waals surface area (Å²) in [7, 11) is 1.57. The Morgan fingerprint density at radius 2 is 1.76 bits per heavy atom. The van der Waals surface area contributed by atoms with Gasteiger partial charge in [0.25, 0.3) is 5.91 Å². The van der Waals surface area contributed by atoms with Crippen LogP contribution in [0.25, 0.3) is 0 Å². The number of amides is 1. The van der Waals surface area contributed by atoms with Crippen molar-refractivity contribution < 1.29 is 19.0 Å². The lowest BCUT2D eigenvalue weighted by atomic mass is 10.0. The van der Waals surface area contributed by atoms with Gasteiger partial charge in [-0.1, -0.05) is 49.7 Å². The van der Waals surface area contributed by atoms with Crippen LogP contribution in [-0.2, 0) is 11.4 Å². The van der Waals surface area contributed by atoms with E-state index in [2.05, 4.69) is 30.4 Å². The van der Waals surface area contributed by atoms with Crippen molar-refractivity contribution in [1.29, 1.82) is 0 Å². The maximum atomic E-state index is 12.2. The lowest BCUT2D eigenvalue weighted by Crippen LogP contribution is -2.24. The summed E-state index contributed by atoms with van der Waals surface area (Å²) in [6.45, 7) is 6.44. The van der Waals surface area contributed by atoms with Crippen LogP contribution in [0.1, 0.15) is 42.0 Å². The van der Waals surface area contributed by atoms with Gasteiger partial charge in [-0.05, 0) is 71.5 Å². The van der Waals surface area contributed by atoms with Crippen LogP contribution in [0.5, 0.6) is 17.2 Å². The first-order valence-corrected chi connectivity index (χ1v) is 11.3. The van der Waals surface area contributed by atoms with E-state index in [4.69, 9.17) is 25.8 Å². The maximum absolute atomic E-state index is 12.2. The van der Waals surface area contributed by atoms with Gasteiger partial charge in [-0.3, -0.25) is 4.79 Å². The van der Waals surface area contributed by atoms with Crippen LogP contribution >= 0.6 is 11.6 Å². The Morgan fingerprint density at radius 3 is 2.47 bits per heavy atom. The van der Waals surface area contributed by atoms with Crippen molar-refractivity contribution >= 4 is 23.7 Å². The van der Waals surface area contributed by atoms with Crippen molar-refractivity contribution in [3.63, 3.8) is 0 Å². The van der Waals surface area contributed by atoms with E-state index in [1.54, 1.807) is 19.2 Å². The fraction of sp³-hybridized carbons (Fsp3) is 0.259. The van der Waals surface area contributed by atoms with E-state index in [9.17, 15) is 4.79 Å². The van der Waals surface area contributed by atoms with E-state index in [0.29, 0.717) is 34.8 Å². The molecule has 1 amide bonds. The smallest absolute Gasteiger partial charge is 0.277 e. The number of halogens is 1. The van der Waals surface area contributed by atoms with Crippen LogP contribution in [0.15, 0.2) is 65.8 Å². The van der Waals surface area contributed by atoms with Crippen molar-refractivity contribution in [3.05, 3.63) is 87.9 Å². The summed E-state index contributed by atoms with van der Waals surface area (Å²) >= 11 is 5.92. The lowest BCUT2D eigenvalue weighted by Gasteiger charge is -2.12. The van der Waals surface area contributed by atoms with Gasteiger partial charge in [0.05, 0.1) is 13.3 Å². The predicted octanol–water partition coefficient (Wildman–Crippen LogP) is 5.89. The van der Waals surface area contributed by atoms with Crippen LogP contribution in [0.4, 0.5) is 0 Å². The number of aryl methyl sites for hydroxylation is 1. The quantitative estimate of drug-likeness (QED) is 0.290. The van der Waals surface area contributed by atoms with E-state index in [1.807, 2.05) is 49.4 Å². The van der Waals surface area contributed by atoms with Crippen LogP contribution in [0.3, 0.4) is 0 Å². The molecule has 0 radical (unpaired) electrons. The highest BCUT2D eigenvalue weighted by Crippen LogP contribution is 2.28. The highest BCUT2D eigenvalue weighted by atomic mass is 35.5. The van der Waals surface area contributed by atoms with Gasteiger partial charge in [0, 0.05) is 5.02 Å². The van der Waals surface area contributed by atoms with Gasteiger partial charge in [-0.15, -0.1) is 0 Å². The summed E-state index contributed by atoms with van der Waals surface area (Å²) in [5.74, 6) is 1.90. The van der Waals surface area contributed by atoms with Gasteiger partial charge in [0.15, 0.2) is 18.1 Å². The highest BCUT2D eigenvalue weighted by Gasteiger charge is 2.08.